The number of hydrogen-bond acceptors (Lipinski definition) is 5. The van der Waals surface area contributed by atoms with Gasteiger partial charge in [0.15, 0.2) is 0 Å². The number of nitrogens with zero attached hydrogens (tertiary/aromatic N) is 1. The summed E-state index contributed by atoms with van der Waals surface area (Å²) in [5.41, 5.74) is 0.725. The minimum atomic E-state index is -3.51. The third-order valence-electron chi connectivity index (χ3n) is 4.67. The van der Waals surface area contributed by atoms with Crippen molar-refractivity contribution in [2.24, 2.45) is 0 Å². The van der Waals surface area contributed by atoms with Gasteiger partial charge in [-0.05, 0) is 49.4 Å². The molecule has 0 atom stereocenters. The Kier molecular flexibility index (Phi) is 8.53. The van der Waals surface area contributed by atoms with Crippen molar-refractivity contribution in [2.45, 2.75) is 43.4 Å². The normalized spacial score (nSPS) is 15.5. The van der Waals surface area contributed by atoms with Gasteiger partial charge in [-0.1, -0.05) is 6.42 Å². The summed E-state index contributed by atoms with van der Waals surface area (Å²) in [5.74, 6) is 0.525. The molecule has 0 aromatic heterocycles. The second-order valence-electron chi connectivity index (χ2n) is 6.63. The molecule has 1 aromatic carbocycles. The second-order valence-corrected chi connectivity index (χ2v) is 8.57. The lowest BCUT2D eigenvalue weighted by atomic mass is 10.1. The fourth-order valence-electron chi connectivity index (χ4n) is 3.15. The monoisotopic (exact) mass is 398 g/mol. The van der Waals surface area contributed by atoms with Gasteiger partial charge in [0, 0.05) is 39.8 Å². The zero-order valence-electron chi connectivity index (χ0n) is 16.2. The molecule has 0 spiro atoms. The Morgan fingerprint density at radius 1 is 1.19 bits per heavy atom. The molecule has 1 aliphatic rings. The number of benzene rings is 1. The van der Waals surface area contributed by atoms with Crippen molar-refractivity contribution in [3.8, 4) is 5.75 Å². The van der Waals surface area contributed by atoms with Crippen LogP contribution in [0.5, 0.6) is 5.75 Å². The summed E-state index contributed by atoms with van der Waals surface area (Å²) in [5, 5.41) is 2.84. The number of carbonyl (C=O) groups excluding carboxylic acids is 1. The first-order chi connectivity index (χ1) is 13.0. The van der Waals surface area contributed by atoms with E-state index in [9.17, 15) is 13.2 Å². The summed E-state index contributed by atoms with van der Waals surface area (Å²) in [4.78, 5) is 12.3. The molecule has 1 N–H and O–H groups in total. The van der Waals surface area contributed by atoms with Crippen LogP contribution in [0.2, 0.25) is 0 Å². The van der Waals surface area contributed by atoms with Crippen LogP contribution in [0, 0.1) is 0 Å². The summed E-state index contributed by atoms with van der Waals surface area (Å²) >= 11 is 0. The van der Waals surface area contributed by atoms with Crippen LogP contribution in [-0.4, -0.2) is 59.1 Å². The van der Waals surface area contributed by atoms with Gasteiger partial charge in [0.2, 0.25) is 15.9 Å². The van der Waals surface area contributed by atoms with E-state index in [1.54, 1.807) is 36.7 Å². The topological polar surface area (TPSA) is 84.9 Å². The summed E-state index contributed by atoms with van der Waals surface area (Å²) in [6.07, 6.45) is 4.31. The average Bonchev–Trinajstić information content (AvgIpc) is 2.70. The smallest absolute Gasteiger partial charge is 0.243 e. The van der Waals surface area contributed by atoms with E-state index in [4.69, 9.17) is 9.47 Å². The fourth-order valence-corrected chi connectivity index (χ4v) is 4.71. The van der Waals surface area contributed by atoms with E-state index in [1.807, 2.05) is 0 Å². The van der Waals surface area contributed by atoms with Gasteiger partial charge in [-0.15, -0.1) is 0 Å². The first-order valence-corrected chi connectivity index (χ1v) is 10.9. The maximum atomic E-state index is 12.9. The van der Waals surface area contributed by atoms with Gasteiger partial charge in [0.05, 0.1) is 12.0 Å². The molecular weight excluding hydrogens is 368 g/mol. The van der Waals surface area contributed by atoms with E-state index >= 15 is 0 Å². The zero-order chi connectivity index (χ0) is 19.7. The van der Waals surface area contributed by atoms with Crippen LogP contribution >= 0.6 is 0 Å². The van der Waals surface area contributed by atoms with Crippen LogP contribution < -0.4 is 10.1 Å². The predicted molar refractivity (Wildman–Crippen MR) is 103 cm³/mol. The van der Waals surface area contributed by atoms with Crippen molar-refractivity contribution in [1.29, 1.82) is 0 Å². The van der Waals surface area contributed by atoms with Gasteiger partial charge < -0.3 is 14.8 Å². The number of sulfonamides is 1. The largest absolute Gasteiger partial charge is 0.496 e. The number of nitrogens with one attached hydrogen (secondary N) is 1. The van der Waals surface area contributed by atoms with Crippen molar-refractivity contribution >= 4 is 15.9 Å². The number of amides is 1. The van der Waals surface area contributed by atoms with E-state index in [1.165, 1.54) is 0 Å². The number of rotatable bonds is 10. The molecule has 7 nitrogen and oxygen atoms in total. The lowest BCUT2D eigenvalue weighted by Gasteiger charge is -2.26. The molecule has 0 saturated carbocycles. The van der Waals surface area contributed by atoms with Crippen molar-refractivity contribution in [3.63, 3.8) is 0 Å². The molecule has 0 radical (unpaired) electrons. The molecule has 1 heterocycles. The number of hydrogen-bond donors (Lipinski definition) is 1. The van der Waals surface area contributed by atoms with Gasteiger partial charge in [-0.3, -0.25) is 4.79 Å². The number of carbonyl (C=O) groups is 1. The molecule has 152 valence electrons. The van der Waals surface area contributed by atoms with Crippen LogP contribution in [-0.2, 0) is 26.0 Å². The Morgan fingerprint density at radius 2 is 1.93 bits per heavy atom. The number of aryl methyl sites for hydroxylation is 1. The van der Waals surface area contributed by atoms with Crippen molar-refractivity contribution in [2.75, 3.05) is 40.5 Å². The van der Waals surface area contributed by atoms with Crippen molar-refractivity contribution in [3.05, 3.63) is 23.8 Å². The maximum Gasteiger partial charge on any atom is 0.243 e. The highest BCUT2D eigenvalue weighted by atomic mass is 32.2. The van der Waals surface area contributed by atoms with E-state index in [-0.39, 0.29) is 17.2 Å². The second kappa shape index (κ2) is 10.6. The minimum absolute atomic E-state index is 0.0718. The van der Waals surface area contributed by atoms with E-state index in [0.717, 1.165) is 31.2 Å². The lowest BCUT2D eigenvalue weighted by molar-refractivity contribution is -0.121. The van der Waals surface area contributed by atoms with Crippen molar-refractivity contribution in [1.82, 2.24) is 9.62 Å². The highest BCUT2D eigenvalue weighted by Gasteiger charge is 2.26. The number of piperidine rings is 1. The minimum Gasteiger partial charge on any atom is -0.496 e. The molecule has 1 saturated heterocycles. The zero-order valence-corrected chi connectivity index (χ0v) is 17.0. The average molecular weight is 399 g/mol. The van der Waals surface area contributed by atoms with Gasteiger partial charge in [0.1, 0.15) is 5.75 Å². The molecule has 0 aliphatic carbocycles. The lowest BCUT2D eigenvalue weighted by Crippen LogP contribution is -2.35. The van der Waals surface area contributed by atoms with Crippen LogP contribution in [0.3, 0.4) is 0 Å². The van der Waals surface area contributed by atoms with Crippen LogP contribution in [0.1, 0.15) is 37.7 Å². The van der Waals surface area contributed by atoms with Crippen LogP contribution in [0.15, 0.2) is 23.1 Å². The van der Waals surface area contributed by atoms with E-state index in [2.05, 4.69) is 5.32 Å². The molecule has 27 heavy (non-hydrogen) atoms. The standard InChI is InChI=1S/C19H30N2O5S/c1-25-14-6-11-20-19(22)10-7-16-15-17(8-9-18(16)26-2)27(23,24)21-12-4-3-5-13-21/h8-9,15H,3-7,10-14H2,1-2H3,(H,20,22). The molecule has 1 fully saturated rings. The summed E-state index contributed by atoms with van der Waals surface area (Å²) in [6, 6.07) is 4.89. The number of ether oxygens (including phenoxy) is 2. The van der Waals surface area contributed by atoms with E-state index < -0.39 is 10.0 Å². The maximum absolute atomic E-state index is 12.9. The highest BCUT2D eigenvalue weighted by molar-refractivity contribution is 7.89. The van der Waals surface area contributed by atoms with Gasteiger partial charge in [-0.25, -0.2) is 8.42 Å². The summed E-state index contributed by atoms with van der Waals surface area (Å²) < 4.78 is 37.6. The molecule has 1 amide bonds. The molecule has 1 aromatic rings. The summed E-state index contributed by atoms with van der Waals surface area (Å²) in [7, 11) is -0.337. The molecule has 1 aliphatic heterocycles. The molecule has 2 rings (SSSR count). The molecule has 0 unspecified atom stereocenters. The fraction of sp³-hybridized carbons (Fsp3) is 0.632. The SMILES string of the molecule is COCCCNC(=O)CCc1cc(S(=O)(=O)N2CCCCC2)ccc1OC. The Bertz CT molecular complexity index is 715. The highest BCUT2D eigenvalue weighted by Crippen LogP contribution is 2.27. The Labute approximate surface area is 162 Å². The predicted octanol–water partition coefficient (Wildman–Crippen LogP) is 1.96. The number of methoxy groups -OCH3 is 2. The van der Waals surface area contributed by atoms with Crippen LogP contribution in [0.4, 0.5) is 0 Å². The molecule has 8 heteroatoms. The van der Waals surface area contributed by atoms with Gasteiger partial charge >= 0.3 is 0 Å². The summed E-state index contributed by atoms with van der Waals surface area (Å²) in [6.45, 7) is 2.29. The van der Waals surface area contributed by atoms with Gasteiger partial charge in [-0.2, -0.15) is 4.31 Å². The molecule has 0 bridgehead atoms. The Hall–Kier alpha value is -1.64. The third kappa shape index (κ3) is 6.19. The van der Waals surface area contributed by atoms with E-state index in [0.29, 0.717) is 38.4 Å². The third-order valence-corrected chi connectivity index (χ3v) is 6.57. The van der Waals surface area contributed by atoms with Gasteiger partial charge in [0.25, 0.3) is 0 Å². The first-order valence-electron chi connectivity index (χ1n) is 9.41. The molecular formula is C19H30N2O5S. The quantitative estimate of drug-likeness (QED) is 0.609. The van der Waals surface area contributed by atoms with Crippen LogP contribution in [0.25, 0.3) is 0 Å². The Balaban J connectivity index is 2.05. The first kappa shape index (κ1) is 21.7. The Morgan fingerprint density at radius 3 is 2.59 bits per heavy atom. The van der Waals surface area contributed by atoms with Crippen molar-refractivity contribution < 1.29 is 22.7 Å².